The summed E-state index contributed by atoms with van der Waals surface area (Å²) in [6, 6.07) is 6.75. The van der Waals surface area contributed by atoms with E-state index in [1.165, 1.54) is 42.1 Å². The summed E-state index contributed by atoms with van der Waals surface area (Å²) in [6.45, 7) is 0. The number of nitro groups is 1. The van der Waals surface area contributed by atoms with Crippen molar-refractivity contribution < 1.29 is 14.5 Å². The van der Waals surface area contributed by atoms with Gasteiger partial charge in [-0.05, 0) is 12.1 Å². The van der Waals surface area contributed by atoms with Crippen LogP contribution in [0.5, 0.6) is 0 Å². The summed E-state index contributed by atoms with van der Waals surface area (Å²) >= 11 is 0. The Labute approximate surface area is 112 Å². The number of hydrogen-bond acceptors (Lipinski definition) is 5. The fourth-order valence-electron chi connectivity index (χ4n) is 1.68. The molecule has 1 heterocycles. The fourth-order valence-corrected chi connectivity index (χ4v) is 1.68. The first-order chi connectivity index (χ1) is 9.51. The molecule has 0 amide bonds. The first-order valence-corrected chi connectivity index (χ1v) is 5.64. The van der Waals surface area contributed by atoms with E-state index in [2.05, 4.69) is 9.84 Å². The molecule has 0 aliphatic rings. The van der Waals surface area contributed by atoms with Crippen molar-refractivity contribution in [2.45, 2.75) is 6.42 Å². The van der Waals surface area contributed by atoms with Gasteiger partial charge in [-0.25, -0.2) is 4.68 Å². The first-order valence-electron chi connectivity index (χ1n) is 5.64. The lowest BCUT2D eigenvalue weighted by molar-refractivity contribution is -0.384. The molecular formula is C12H11N3O5. The number of esters is 1. The summed E-state index contributed by atoms with van der Waals surface area (Å²) in [5, 5.41) is 13.3. The minimum absolute atomic E-state index is 0.0499. The second kappa shape index (κ2) is 5.39. The van der Waals surface area contributed by atoms with E-state index in [9.17, 15) is 19.7 Å². The molecule has 0 atom stereocenters. The highest BCUT2D eigenvalue weighted by molar-refractivity contribution is 5.71. The van der Waals surface area contributed by atoms with Crippen LogP contribution < -0.4 is 5.56 Å². The Morgan fingerprint density at radius 3 is 2.60 bits per heavy atom. The van der Waals surface area contributed by atoms with Crippen LogP contribution in [0.4, 0.5) is 5.69 Å². The Kier molecular flexibility index (Phi) is 3.65. The third kappa shape index (κ3) is 2.74. The maximum absolute atomic E-state index is 11.8. The van der Waals surface area contributed by atoms with E-state index in [1.807, 2.05) is 0 Å². The third-order valence-corrected chi connectivity index (χ3v) is 2.65. The van der Waals surface area contributed by atoms with Crippen LogP contribution in [-0.4, -0.2) is 27.8 Å². The number of aromatic nitrogens is 2. The van der Waals surface area contributed by atoms with Crippen molar-refractivity contribution in [3.63, 3.8) is 0 Å². The third-order valence-electron chi connectivity index (χ3n) is 2.65. The van der Waals surface area contributed by atoms with E-state index in [4.69, 9.17) is 0 Å². The summed E-state index contributed by atoms with van der Waals surface area (Å²) < 4.78 is 5.70. The molecule has 8 heteroatoms. The minimum Gasteiger partial charge on any atom is -0.469 e. The quantitative estimate of drug-likeness (QED) is 0.505. The smallest absolute Gasteiger partial charge is 0.311 e. The predicted molar refractivity (Wildman–Crippen MR) is 68.8 cm³/mol. The lowest BCUT2D eigenvalue weighted by Crippen LogP contribution is -2.13. The molecule has 2 aromatic rings. The number of nitro benzene ring substituents is 1. The molecule has 1 aromatic carbocycles. The zero-order valence-corrected chi connectivity index (χ0v) is 10.5. The maximum Gasteiger partial charge on any atom is 0.311 e. The van der Waals surface area contributed by atoms with Crippen molar-refractivity contribution in [2.75, 3.05) is 7.11 Å². The van der Waals surface area contributed by atoms with Crippen molar-refractivity contribution in [3.8, 4) is 5.69 Å². The highest BCUT2D eigenvalue weighted by Crippen LogP contribution is 2.13. The van der Waals surface area contributed by atoms with Crippen molar-refractivity contribution in [1.82, 2.24) is 9.78 Å². The highest BCUT2D eigenvalue weighted by atomic mass is 16.6. The topological polar surface area (TPSA) is 107 Å². The molecule has 0 saturated carbocycles. The SMILES string of the molecule is COC(=O)Cc1cc(=O)n(-c2ccc([N+](=O)[O-])cc2)[nH]1. The summed E-state index contributed by atoms with van der Waals surface area (Å²) in [5.41, 5.74) is 0.415. The molecule has 0 fully saturated rings. The number of H-pyrrole nitrogens is 1. The Hall–Kier alpha value is -2.90. The highest BCUT2D eigenvalue weighted by Gasteiger charge is 2.10. The van der Waals surface area contributed by atoms with E-state index in [0.717, 1.165) is 0 Å². The molecule has 2 rings (SSSR count). The Morgan fingerprint density at radius 2 is 2.05 bits per heavy atom. The van der Waals surface area contributed by atoms with Crippen molar-refractivity contribution >= 4 is 11.7 Å². The largest absolute Gasteiger partial charge is 0.469 e. The number of aromatic amines is 1. The van der Waals surface area contributed by atoms with Crippen LogP contribution in [-0.2, 0) is 16.0 Å². The fraction of sp³-hybridized carbons (Fsp3) is 0.167. The molecule has 0 aliphatic carbocycles. The monoisotopic (exact) mass is 277 g/mol. The van der Waals surface area contributed by atoms with Gasteiger partial charge in [0.15, 0.2) is 0 Å². The Balaban J connectivity index is 2.31. The molecule has 0 bridgehead atoms. The van der Waals surface area contributed by atoms with Crippen LogP contribution in [0.2, 0.25) is 0 Å². The predicted octanol–water partition coefficient (Wildman–Crippen LogP) is 0.789. The van der Waals surface area contributed by atoms with E-state index >= 15 is 0 Å². The van der Waals surface area contributed by atoms with E-state index in [-0.39, 0.29) is 17.7 Å². The van der Waals surface area contributed by atoms with Gasteiger partial charge in [0.2, 0.25) is 0 Å². The first kappa shape index (κ1) is 13.5. The standard InChI is InChI=1S/C12H11N3O5/c1-20-12(17)7-8-6-11(16)14(13-8)9-2-4-10(5-3-9)15(18)19/h2-6,13H,7H2,1H3. The van der Waals surface area contributed by atoms with Gasteiger partial charge in [-0.2, -0.15) is 0 Å². The van der Waals surface area contributed by atoms with Gasteiger partial charge >= 0.3 is 5.97 Å². The van der Waals surface area contributed by atoms with Crippen LogP contribution in [0.1, 0.15) is 5.69 Å². The molecular weight excluding hydrogens is 266 g/mol. The van der Waals surface area contributed by atoms with Crippen LogP contribution in [0.15, 0.2) is 35.1 Å². The molecule has 0 spiro atoms. The number of non-ortho nitro benzene ring substituents is 1. The number of ether oxygens (including phenoxy) is 1. The molecule has 104 valence electrons. The second-order valence-corrected chi connectivity index (χ2v) is 3.98. The van der Waals surface area contributed by atoms with Gasteiger partial charge in [0.25, 0.3) is 11.2 Å². The number of carbonyl (C=O) groups is 1. The number of nitrogens with zero attached hydrogens (tertiary/aromatic N) is 2. The van der Waals surface area contributed by atoms with Gasteiger partial charge in [0, 0.05) is 23.9 Å². The van der Waals surface area contributed by atoms with E-state index < -0.39 is 10.9 Å². The van der Waals surface area contributed by atoms with Crippen LogP contribution >= 0.6 is 0 Å². The molecule has 0 radical (unpaired) electrons. The minimum atomic E-state index is -0.524. The number of carbonyl (C=O) groups excluding carboxylic acids is 1. The van der Waals surface area contributed by atoms with Gasteiger partial charge in [0.1, 0.15) is 0 Å². The van der Waals surface area contributed by atoms with E-state index in [0.29, 0.717) is 11.4 Å². The van der Waals surface area contributed by atoms with Crippen molar-refractivity contribution in [2.24, 2.45) is 0 Å². The summed E-state index contributed by atoms with van der Waals surface area (Å²) in [5.74, 6) is -0.470. The molecule has 8 nitrogen and oxygen atoms in total. The number of rotatable bonds is 4. The zero-order valence-electron chi connectivity index (χ0n) is 10.5. The van der Waals surface area contributed by atoms with Gasteiger partial charge in [-0.1, -0.05) is 0 Å². The summed E-state index contributed by atoms with van der Waals surface area (Å²) in [4.78, 5) is 32.9. The van der Waals surface area contributed by atoms with Crippen LogP contribution in [0, 0.1) is 10.1 Å². The van der Waals surface area contributed by atoms with Crippen molar-refractivity contribution in [3.05, 3.63) is 56.5 Å². The number of hydrogen-bond donors (Lipinski definition) is 1. The van der Waals surface area contributed by atoms with Crippen LogP contribution in [0.3, 0.4) is 0 Å². The Morgan fingerprint density at radius 1 is 1.40 bits per heavy atom. The van der Waals surface area contributed by atoms with E-state index in [1.54, 1.807) is 0 Å². The van der Waals surface area contributed by atoms with Crippen LogP contribution in [0.25, 0.3) is 5.69 Å². The molecule has 20 heavy (non-hydrogen) atoms. The second-order valence-electron chi connectivity index (χ2n) is 3.98. The summed E-state index contributed by atoms with van der Waals surface area (Å²) in [7, 11) is 1.26. The molecule has 1 N–H and O–H groups in total. The molecule has 0 aliphatic heterocycles. The molecule has 0 saturated heterocycles. The number of benzene rings is 1. The lowest BCUT2D eigenvalue weighted by atomic mass is 10.3. The average Bonchev–Trinajstić information content (AvgIpc) is 2.79. The maximum atomic E-state index is 11.8. The van der Waals surface area contributed by atoms with Gasteiger partial charge in [-0.15, -0.1) is 0 Å². The van der Waals surface area contributed by atoms with Gasteiger partial charge in [0.05, 0.1) is 24.1 Å². The lowest BCUT2D eigenvalue weighted by Gasteiger charge is -2.01. The van der Waals surface area contributed by atoms with Gasteiger partial charge < -0.3 is 4.74 Å². The van der Waals surface area contributed by atoms with Crippen molar-refractivity contribution in [1.29, 1.82) is 0 Å². The molecule has 1 aromatic heterocycles. The zero-order chi connectivity index (χ0) is 14.7. The summed E-state index contributed by atoms with van der Waals surface area (Å²) in [6.07, 6.45) is -0.0499. The normalized spacial score (nSPS) is 10.2. The molecule has 0 unspecified atom stereocenters. The number of methoxy groups -OCH3 is 1. The average molecular weight is 277 g/mol. The van der Waals surface area contributed by atoms with Gasteiger partial charge in [-0.3, -0.25) is 24.8 Å². The Bertz CT molecular complexity index is 699. The number of nitrogens with one attached hydrogen (secondary N) is 1.